The summed E-state index contributed by atoms with van der Waals surface area (Å²) in [4.78, 5) is 12.7. The van der Waals surface area contributed by atoms with Crippen molar-refractivity contribution in [2.24, 2.45) is 17.6 Å². The number of carbonyl (C=O) groups excluding carboxylic acids is 1. The van der Waals surface area contributed by atoms with Crippen LogP contribution in [0.3, 0.4) is 0 Å². The van der Waals surface area contributed by atoms with Gasteiger partial charge in [0.15, 0.2) is 0 Å². The van der Waals surface area contributed by atoms with Crippen molar-refractivity contribution in [3.8, 4) is 0 Å². The molecule has 0 radical (unpaired) electrons. The summed E-state index contributed by atoms with van der Waals surface area (Å²) in [6.07, 6.45) is 4.77. The molecule has 1 fully saturated rings. The summed E-state index contributed by atoms with van der Waals surface area (Å²) < 4.78 is 0. The predicted octanol–water partition coefficient (Wildman–Crippen LogP) is 3.27. The van der Waals surface area contributed by atoms with Crippen LogP contribution in [0, 0.1) is 11.8 Å². The van der Waals surface area contributed by atoms with Crippen LogP contribution in [0.15, 0.2) is 24.3 Å². The fourth-order valence-corrected chi connectivity index (χ4v) is 3.31. The molecule has 2 atom stereocenters. The molecule has 114 valence electrons. The van der Waals surface area contributed by atoms with Crippen molar-refractivity contribution in [3.05, 3.63) is 35.4 Å². The molecule has 1 aromatic carbocycles. The first kappa shape index (κ1) is 16.0. The molecule has 2 unspecified atom stereocenters. The van der Waals surface area contributed by atoms with E-state index in [1.54, 1.807) is 24.3 Å². The summed E-state index contributed by atoms with van der Waals surface area (Å²) in [6.45, 7) is 4.48. The number of hydrogen-bond donors (Lipinski definition) is 2. The maximum Gasteiger partial charge on any atom is 0.251 e. The average Bonchev–Trinajstić information content (AvgIpc) is 2.47. The fraction of sp³-hybridized carbons (Fsp3) is 0.529. The molecular formula is C17H24N2OS. The van der Waals surface area contributed by atoms with Crippen molar-refractivity contribution >= 4 is 23.1 Å². The van der Waals surface area contributed by atoms with Gasteiger partial charge >= 0.3 is 0 Å². The number of benzene rings is 1. The van der Waals surface area contributed by atoms with E-state index >= 15 is 0 Å². The van der Waals surface area contributed by atoms with Gasteiger partial charge in [-0.2, -0.15) is 0 Å². The molecule has 1 aliphatic carbocycles. The Hall–Kier alpha value is -1.42. The molecule has 0 saturated heterocycles. The second kappa shape index (κ2) is 7.03. The second-order valence-electron chi connectivity index (χ2n) is 6.21. The summed E-state index contributed by atoms with van der Waals surface area (Å²) in [5, 5.41) is 3.21. The normalized spacial score (nSPS) is 22.0. The highest BCUT2D eigenvalue weighted by molar-refractivity contribution is 7.80. The van der Waals surface area contributed by atoms with E-state index in [0.717, 1.165) is 12.0 Å². The third-order valence-corrected chi connectivity index (χ3v) is 4.66. The Morgan fingerprint density at radius 2 is 1.76 bits per heavy atom. The molecule has 4 heteroatoms. The van der Waals surface area contributed by atoms with E-state index in [1.807, 2.05) is 0 Å². The van der Waals surface area contributed by atoms with Crippen molar-refractivity contribution in [1.82, 2.24) is 5.32 Å². The lowest BCUT2D eigenvalue weighted by Crippen LogP contribution is -2.43. The number of carbonyl (C=O) groups is 1. The lowest BCUT2D eigenvalue weighted by Gasteiger charge is -2.34. The monoisotopic (exact) mass is 304 g/mol. The number of hydrogen-bond acceptors (Lipinski definition) is 2. The van der Waals surface area contributed by atoms with Gasteiger partial charge in [0.05, 0.1) is 0 Å². The summed E-state index contributed by atoms with van der Waals surface area (Å²) in [7, 11) is 0. The van der Waals surface area contributed by atoms with Crippen LogP contribution in [-0.2, 0) is 0 Å². The summed E-state index contributed by atoms with van der Waals surface area (Å²) in [5.74, 6) is 1.19. The number of nitrogens with two attached hydrogens (primary N) is 1. The third kappa shape index (κ3) is 4.03. The SMILES string of the molecule is CC(C)C1CCCCC1NC(=O)c1ccc(C(N)=S)cc1. The van der Waals surface area contributed by atoms with Crippen LogP contribution < -0.4 is 11.1 Å². The predicted molar refractivity (Wildman–Crippen MR) is 90.4 cm³/mol. The van der Waals surface area contributed by atoms with Crippen LogP contribution in [0.25, 0.3) is 0 Å². The van der Waals surface area contributed by atoms with E-state index in [2.05, 4.69) is 19.2 Å². The van der Waals surface area contributed by atoms with Crippen LogP contribution >= 0.6 is 12.2 Å². The van der Waals surface area contributed by atoms with E-state index < -0.39 is 0 Å². The van der Waals surface area contributed by atoms with Gasteiger partial charge in [0, 0.05) is 17.2 Å². The van der Waals surface area contributed by atoms with Crippen LogP contribution in [-0.4, -0.2) is 16.9 Å². The van der Waals surface area contributed by atoms with Crippen molar-refractivity contribution < 1.29 is 4.79 Å². The van der Waals surface area contributed by atoms with Gasteiger partial charge in [-0.15, -0.1) is 0 Å². The molecule has 1 aliphatic rings. The topological polar surface area (TPSA) is 55.1 Å². The Kier molecular flexibility index (Phi) is 5.34. The van der Waals surface area contributed by atoms with Gasteiger partial charge in [-0.1, -0.05) is 51.0 Å². The van der Waals surface area contributed by atoms with Crippen molar-refractivity contribution in [1.29, 1.82) is 0 Å². The minimum Gasteiger partial charge on any atom is -0.389 e. The lowest BCUT2D eigenvalue weighted by molar-refractivity contribution is 0.0889. The molecule has 1 amide bonds. The lowest BCUT2D eigenvalue weighted by atomic mass is 9.78. The summed E-state index contributed by atoms with van der Waals surface area (Å²) in [6, 6.07) is 7.48. The fourth-order valence-electron chi connectivity index (χ4n) is 3.17. The second-order valence-corrected chi connectivity index (χ2v) is 6.65. The summed E-state index contributed by atoms with van der Waals surface area (Å²) in [5.41, 5.74) is 7.03. The standard InChI is InChI=1S/C17H24N2OS/c1-11(2)14-5-3-4-6-15(14)19-17(20)13-9-7-12(8-10-13)16(18)21/h7-11,14-15H,3-6H2,1-2H3,(H2,18,21)(H,19,20). The van der Waals surface area contributed by atoms with Gasteiger partial charge in [-0.05, 0) is 36.8 Å². The zero-order valence-electron chi connectivity index (χ0n) is 12.8. The molecule has 1 aromatic rings. The summed E-state index contributed by atoms with van der Waals surface area (Å²) >= 11 is 4.92. The molecule has 1 saturated carbocycles. The third-order valence-electron chi connectivity index (χ3n) is 4.42. The van der Waals surface area contributed by atoms with Gasteiger partial charge in [0.25, 0.3) is 5.91 Å². The highest BCUT2D eigenvalue weighted by Crippen LogP contribution is 2.30. The zero-order valence-corrected chi connectivity index (χ0v) is 13.6. The maximum absolute atomic E-state index is 12.4. The Morgan fingerprint density at radius 3 is 2.33 bits per heavy atom. The number of rotatable bonds is 4. The van der Waals surface area contributed by atoms with Crippen LogP contribution in [0.5, 0.6) is 0 Å². The van der Waals surface area contributed by atoms with E-state index in [4.69, 9.17) is 18.0 Å². The molecule has 0 bridgehead atoms. The van der Waals surface area contributed by atoms with Crippen molar-refractivity contribution in [2.45, 2.75) is 45.6 Å². The Labute approximate surface area is 132 Å². The molecule has 21 heavy (non-hydrogen) atoms. The van der Waals surface area contributed by atoms with E-state index in [0.29, 0.717) is 28.4 Å². The quantitative estimate of drug-likeness (QED) is 0.839. The first-order valence-corrected chi connectivity index (χ1v) is 8.10. The molecule has 0 heterocycles. The average molecular weight is 304 g/mol. The molecule has 3 nitrogen and oxygen atoms in total. The van der Waals surface area contributed by atoms with E-state index in [-0.39, 0.29) is 5.91 Å². The van der Waals surface area contributed by atoms with Gasteiger partial charge in [0.1, 0.15) is 4.99 Å². The Morgan fingerprint density at radius 1 is 1.19 bits per heavy atom. The van der Waals surface area contributed by atoms with Gasteiger partial charge in [-0.3, -0.25) is 4.79 Å². The van der Waals surface area contributed by atoms with Crippen molar-refractivity contribution in [2.75, 3.05) is 0 Å². The first-order chi connectivity index (χ1) is 9.99. The minimum atomic E-state index is 0.00189. The molecule has 0 spiro atoms. The largest absolute Gasteiger partial charge is 0.389 e. The van der Waals surface area contributed by atoms with E-state index in [9.17, 15) is 4.79 Å². The Balaban J connectivity index is 2.04. The number of nitrogens with one attached hydrogen (secondary N) is 1. The molecule has 3 N–H and O–H groups in total. The Bertz CT molecular complexity index is 510. The van der Waals surface area contributed by atoms with Gasteiger partial charge in [-0.25, -0.2) is 0 Å². The number of thiocarbonyl (C=S) groups is 1. The molecule has 0 aliphatic heterocycles. The van der Waals surface area contributed by atoms with Crippen LogP contribution in [0.2, 0.25) is 0 Å². The smallest absolute Gasteiger partial charge is 0.251 e. The molecule has 0 aromatic heterocycles. The van der Waals surface area contributed by atoms with Crippen molar-refractivity contribution in [3.63, 3.8) is 0 Å². The number of amides is 1. The van der Waals surface area contributed by atoms with Crippen LogP contribution in [0.4, 0.5) is 0 Å². The highest BCUT2D eigenvalue weighted by Gasteiger charge is 2.28. The molecule has 2 rings (SSSR count). The first-order valence-electron chi connectivity index (χ1n) is 7.69. The molecular weight excluding hydrogens is 280 g/mol. The highest BCUT2D eigenvalue weighted by atomic mass is 32.1. The minimum absolute atomic E-state index is 0.00189. The van der Waals surface area contributed by atoms with Gasteiger partial charge < -0.3 is 11.1 Å². The maximum atomic E-state index is 12.4. The van der Waals surface area contributed by atoms with Crippen LogP contribution in [0.1, 0.15) is 55.5 Å². The van der Waals surface area contributed by atoms with Gasteiger partial charge in [0.2, 0.25) is 0 Å². The zero-order chi connectivity index (χ0) is 15.4. The van der Waals surface area contributed by atoms with E-state index in [1.165, 1.54) is 19.3 Å².